The van der Waals surface area contributed by atoms with E-state index in [-0.39, 0.29) is 11.2 Å². The lowest BCUT2D eigenvalue weighted by Crippen LogP contribution is -2.62. The number of hydrogen-bond acceptors (Lipinski definition) is 1. The first-order chi connectivity index (χ1) is 9.65. The van der Waals surface area contributed by atoms with Crippen LogP contribution in [0.3, 0.4) is 0 Å². The highest BCUT2D eigenvalue weighted by molar-refractivity contribution is 5.12. The molecule has 120 valence electrons. The molecule has 0 N–H and O–H groups in total. The molecule has 0 amide bonds. The zero-order valence-corrected chi connectivity index (χ0v) is 14.8. The zero-order chi connectivity index (χ0) is 15.5. The molecule has 0 spiro atoms. The highest BCUT2D eigenvalue weighted by Crippen LogP contribution is 2.65. The lowest BCUT2D eigenvalue weighted by molar-refractivity contribution is -0.252. The fraction of sp³-hybridized carbons (Fsp3) is 0.900. The molecule has 2 saturated carbocycles. The lowest BCUT2D eigenvalue weighted by atomic mass is 9.44. The van der Waals surface area contributed by atoms with Crippen LogP contribution < -0.4 is 0 Å². The van der Waals surface area contributed by atoms with Crippen molar-refractivity contribution in [3.63, 3.8) is 0 Å². The van der Waals surface area contributed by atoms with E-state index in [1.807, 2.05) is 6.08 Å². The molecular formula is C20H34O. The van der Waals surface area contributed by atoms with Crippen molar-refractivity contribution in [2.45, 2.75) is 90.8 Å². The van der Waals surface area contributed by atoms with Gasteiger partial charge in [0.2, 0.25) is 0 Å². The summed E-state index contributed by atoms with van der Waals surface area (Å²) in [5.41, 5.74) is 0.920. The maximum atomic E-state index is 6.68. The molecule has 3 fully saturated rings. The third-order valence-corrected chi connectivity index (χ3v) is 7.57. The molecule has 0 bridgehead atoms. The van der Waals surface area contributed by atoms with Gasteiger partial charge in [0.1, 0.15) is 0 Å². The summed E-state index contributed by atoms with van der Waals surface area (Å²) in [6, 6.07) is 0. The Morgan fingerprint density at radius 1 is 0.905 bits per heavy atom. The summed E-state index contributed by atoms with van der Waals surface area (Å²) in [6.45, 7) is 16.2. The SMILES string of the molecule is C=C[C@]1(C)CC[C@@H]2[C@@]3(C)CCCC(C)(C)[C@H]3CC[C@]2(C)O1. The number of rotatable bonds is 1. The van der Waals surface area contributed by atoms with Crippen molar-refractivity contribution in [1.82, 2.24) is 0 Å². The predicted octanol–water partition coefficient (Wildman–Crippen LogP) is 5.74. The first-order valence-electron chi connectivity index (χ1n) is 8.99. The van der Waals surface area contributed by atoms with E-state index in [1.165, 1.54) is 38.5 Å². The molecule has 0 radical (unpaired) electrons. The third-order valence-electron chi connectivity index (χ3n) is 7.57. The summed E-state index contributed by atoms with van der Waals surface area (Å²) in [5, 5.41) is 0. The Morgan fingerprint density at radius 3 is 2.24 bits per heavy atom. The van der Waals surface area contributed by atoms with Crippen molar-refractivity contribution in [3.8, 4) is 0 Å². The van der Waals surface area contributed by atoms with Gasteiger partial charge in [0.05, 0.1) is 11.2 Å². The Kier molecular flexibility index (Phi) is 3.41. The topological polar surface area (TPSA) is 9.23 Å². The molecule has 0 unspecified atom stereocenters. The molecule has 2 aliphatic carbocycles. The molecule has 21 heavy (non-hydrogen) atoms. The first kappa shape index (κ1) is 15.6. The van der Waals surface area contributed by atoms with E-state index in [0.29, 0.717) is 10.8 Å². The van der Waals surface area contributed by atoms with Crippen LogP contribution in [0.2, 0.25) is 0 Å². The second kappa shape index (κ2) is 4.60. The molecule has 1 heteroatoms. The van der Waals surface area contributed by atoms with Crippen LogP contribution in [0.15, 0.2) is 12.7 Å². The van der Waals surface area contributed by atoms with Crippen LogP contribution >= 0.6 is 0 Å². The Labute approximate surface area is 131 Å². The van der Waals surface area contributed by atoms with Gasteiger partial charge in [0.15, 0.2) is 0 Å². The fourth-order valence-corrected chi connectivity index (χ4v) is 6.52. The Bertz CT molecular complexity index is 439. The second-order valence-corrected chi connectivity index (χ2v) is 9.46. The van der Waals surface area contributed by atoms with Crippen LogP contribution in [0.4, 0.5) is 0 Å². The summed E-state index contributed by atoms with van der Waals surface area (Å²) in [6.07, 6.45) is 11.2. The Balaban J connectivity index is 1.94. The van der Waals surface area contributed by atoms with Crippen molar-refractivity contribution in [2.24, 2.45) is 22.7 Å². The van der Waals surface area contributed by atoms with Crippen LogP contribution in [0.5, 0.6) is 0 Å². The molecule has 5 atom stereocenters. The quantitative estimate of drug-likeness (QED) is 0.559. The molecule has 0 aromatic carbocycles. The van der Waals surface area contributed by atoms with Crippen LogP contribution in [-0.2, 0) is 4.74 Å². The summed E-state index contributed by atoms with van der Waals surface area (Å²) in [4.78, 5) is 0. The Morgan fingerprint density at radius 2 is 1.57 bits per heavy atom. The normalized spacial score (nSPS) is 52.6. The van der Waals surface area contributed by atoms with Crippen molar-refractivity contribution in [1.29, 1.82) is 0 Å². The minimum absolute atomic E-state index is 0.0554. The highest BCUT2D eigenvalue weighted by Gasteiger charge is 2.61. The van der Waals surface area contributed by atoms with E-state index in [1.54, 1.807) is 0 Å². The molecule has 0 aromatic rings. The summed E-state index contributed by atoms with van der Waals surface area (Å²) in [5.74, 6) is 1.59. The van der Waals surface area contributed by atoms with Crippen LogP contribution in [0.25, 0.3) is 0 Å². The number of hydrogen-bond donors (Lipinski definition) is 0. The average Bonchev–Trinajstić information content (AvgIpc) is 2.36. The lowest BCUT2D eigenvalue weighted by Gasteiger charge is -2.65. The molecule has 3 rings (SSSR count). The monoisotopic (exact) mass is 290 g/mol. The minimum atomic E-state index is -0.112. The van der Waals surface area contributed by atoms with Gasteiger partial charge in [0, 0.05) is 0 Å². The second-order valence-electron chi connectivity index (χ2n) is 9.46. The smallest absolute Gasteiger partial charge is 0.0839 e. The largest absolute Gasteiger partial charge is 0.365 e. The van der Waals surface area contributed by atoms with Crippen molar-refractivity contribution in [2.75, 3.05) is 0 Å². The summed E-state index contributed by atoms with van der Waals surface area (Å²) >= 11 is 0. The van der Waals surface area contributed by atoms with Gasteiger partial charge in [-0.2, -0.15) is 0 Å². The summed E-state index contributed by atoms with van der Waals surface area (Å²) in [7, 11) is 0. The van der Waals surface area contributed by atoms with Gasteiger partial charge in [-0.1, -0.05) is 33.3 Å². The van der Waals surface area contributed by atoms with E-state index in [2.05, 4.69) is 41.2 Å². The van der Waals surface area contributed by atoms with Gasteiger partial charge < -0.3 is 4.74 Å². The molecule has 1 aliphatic heterocycles. The van der Waals surface area contributed by atoms with Gasteiger partial charge in [-0.05, 0) is 75.0 Å². The van der Waals surface area contributed by atoms with Crippen molar-refractivity contribution >= 4 is 0 Å². The van der Waals surface area contributed by atoms with Crippen molar-refractivity contribution < 1.29 is 4.74 Å². The zero-order valence-electron chi connectivity index (χ0n) is 14.8. The predicted molar refractivity (Wildman–Crippen MR) is 89.3 cm³/mol. The molecule has 3 aliphatic rings. The standard InChI is InChI=1S/C20H34O/c1-7-18(4)13-9-16-19(5)12-8-11-17(2,3)15(19)10-14-20(16,6)21-18/h7,15-16H,1,8-14H2,2-6H3/t15-,16-,18-,19+,20+/m1/s1. The first-order valence-corrected chi connectivity index (χ1v) is 8.99. The van der Waals surface area contributed by atoms with Gasteiger partial charge in [-0.15, -0.1) is 6.58 Å². The summed E-state index contributed by atoms with van der Waals surface area (Å²) < 4.78 is 6.68. The van der Waals surface area contributed by atoms with E-state index in [9.17, 15) is 0 Å². The molecule has 1 saturated heterocycles. The molecular weight excluding hydrogens is 256 g/mol. The molecule has 1 nitrogen and oxygen atoms in total. The highest BCUT2D eigenvalue weighted by atomic mass is 16.5. The van der Waals surface area contributed by atoms with E-state index >= 15 is 0 Å². The number of ether oxygens (including phenoxy) is 1. The average molecular weight is 290 g/mol. The minimum Gasteiger partial charge on any atom is -0.365 e. The van der Waals surface area contributed by atoms with E-state index < -0.39 is 0 Å². The molecule has 0 aromatic heterocycles. The maximum absolute atomic E-state index is 6.68. The molecule has 1 heterocycles. The van der Waals surface area contributed by atoms with Crippen LogP contribution in [0.1, 0.15) is 79.6 Å². The third kappa shape index (κ3) is 2.22. The van der Waals surface area contributed by atoms with E-state index in [0.717, 1.165) is 18.3 Å². The van der Waals surface area contributed by atoms with E-state index in [4.69, 9.17) is 4.74 Å². The van der Waals surface area contributed by atoms with Gasteiger partial charge in [-0.3, -0.25) is 0 Å². The van der Waals surface area contributed by atoms with Crippen molar-refractivity contribution in [3.05, 3.63) is 12.7 Å². The van der Waals surface area contributed by atoms with Crippen LogP contribution in [-0.4, -0.2) is 11.2 Å². The maximum Gasteiger partial charge on any atom is 0.0839 e. The van der Waals surface area contributed by atoms with Gasteiger partial charge in [0.25, 0.3) is 0 Å². The Hall–Kier alpha value is -0.300. The van der Waals surface area contributed by atoms with Gasteiger partial charge in [-0.25, -0.2) is 0 Å². The fourth-order valence-electron chi connectivity index (χ4n) is 6.52. The number of fused-ring (bicyclic) bond motifs is 3. The van der Waals surface area contributed by atoms with Gasteiger partial charge >= 0.3 is 0 Å². The van der Waals surface area contributed by atoms with Crippen LogP contribution in [0, 0.1) is 22.7 Å².